The molecule has 0 aliphatic heterocycles. The second-order valence-electron chi connectivity index (χ2n) is 6.03. The van der Waals surface area contributed by atoms with Gasteiger partial charge in [0.15, 0.2) is 0 Å². The van der Waals surface area contributed by atoms with Crippen molar-refractivity contribution in [3.8, 4) is 0 Å². The van der Waals surface area contributed by atoms with Crippen LogP contribution in [0.25, 0.3) is 0 Å². The lowest BCUT2D eigenvalue weighted by molar-refractivity contribution is -0.143. The van der Waals surface area contributed by atoms with Gasteiger partial charge >= 0.3 is 0 Å². The average Bonchev–Trinajstić information content (AvgIpc) is 2.34. The molecule has 0 radical (unpaired) electrons. The van der Waals surface area contributed by atoms with Crippen LogP contribution in [-0.4, -0.2) is 16.7 Å². The summed E-state index contributed by atoms with van der Waals surface area (Å²) in [5, 5.41) is 2.79. The van der Waals surface area contributed by atoms with Crippen LogP contribution in [0.4, 0.5) is 0 Å². The van der Waals surface area contributed by atoms with Gasteiger partial charge in [0.25, 0.3) is 5.91 Å². The van der Waals surface area contributed by atoms with E-state index in [1.807, 2.05) is 32.0 Å². The lowest BCUT2D eigenvalue weighted by atomic mass is 9.89. The summed E-state index contributed by atoms with van der Waals surface area (Å²) in [4.78, 5) is 28.2. The van der Waals surface area contributed by atoms with Crippen molar-refractivity contribution in [2.75, 3.05) is 0 Å². The Bertz CT molecular complexity index is 447. The van der Waals surface area contributed by atoms with E-state index in [1.54, 1.807) is 27.0 Å². The molecule has 19 heavy (non-hydrogen) atoms. The topological polar surface area (TPSA) is 59.1 Å². The largest absolute Gasteiger partial charge is 0.341 e. The maximum absolute atomic E-state index is 12.0. The van der Waals surface area contributed by atoms with Gasteiger partial charge in [-0.15, -0.1) is 0 Å². The van der Waals surface area contributed by atoms with Crippen molar-refractivity contribution in [1.29, 1.82) is 0 Å². The highest BCUT2D eigenvalue weighted by Crippen LogP contribution is 2.21. The third-order valence-corrected chi connectivity index (χ3v) is 2.85. The first-order chi connectivity index (χ1) is 8.73. The second kappa shape index (κ2) is 5.95. The number of pyridine rings is 1. The summed E-state index contributed by atoms with van der Waals surface area (Å²) in [6.07, 6.45) is 1.68. The van der Waals surface area contributed by atoms with Crippen molar-refractivity contribution in [3.05, 3.63) is 30.1 Å². The van der Waals surface area contributed by atoms with E-state index < -0.39 is 17.1 Å². The molecule has 1 unspecified atom stereocenters. The molecular weight excluding hydrogens is 240 g/mol. The van der Waals surface area contributed by atoms with Gasteiger partial charge < -0.3 is 5.32 Å². The van der Waals surface area contributed by atoms with Gasteiger partial charge in [0.1, 0.15) is 0 Å². The molecule has 4 nitrogen and oxygen atoms in total. The Labute approximate surface area is 114 Å². The SMILES string of the molecule is CC(C)C(NC(=O)C(=O)C(C)(C)C)c1ccccn1. The van der Waals surface area contributed by atoms with E-state index in [0.29, 0.717) is 0 Å². The first kappa shape index (κ1) is 15.3. The van der Waals surface area contributed by atoms with Crippen molar-refractivity contribution in [2.24, 2.45) is 11.3 Å². The van der Waals surface area contributed by atoms with E-state index in [2.05, 4.69) is 10.3 Å². The molecule has 0 bridgehead atoms. The molecule has 1 aromatic rings. The van der Waals surface area contributed by atoms with Gasteiger partial charge in [-0.05, 0) is 18.1 Å². The zero-order valence-electron chi connectivity index (χ0n) is 12.2. The maximum atomic E-state index is 12.0. The third kappa shape index (κ3) is 4.16. The van der Waals surface area contributed by atoms with Crippen LogP contribution in [0.1, 0.15) is 46.4 Å². The number of amides is 1. The van der Waals surface area contributed by atoms with Gasteiger partial charge in [0.2, 0.25) is 5.78 Å². The first-order valence-corrected chi connectivity index (χ1v) is 6.49. The Morgan fingerprint density at radius 1 is 1.21 bits per heavy atom. The number of rotatable bonds is 4. The quantitative estimate of drug-likeness (QED) is 0.848. The molecule has 1 N–H and O–H groups in total. The number of hydrogen-bond acceptors (Lipinski definition) is 3. The van der Waals surface area contributed by atoms with E-state index in [9.17, 15) is 9.59 Å². The van der Waals surface area contributed by atoms with E-state index in [4.69, 9.17) is 0 Å². The van der Waals surface area contributed by atoms with Gasteiger partial charge in [-0.3, -0.25) is 14.6 Å². The van der Waals surface area contributed by atoms with Crippen LogP contribution in [0, 0.1) is 11.3 Å². The fraction of sp³-hybridized carbons (Fsp3) is 0.533. The van der Waals surface area contributed by atoms with Crippen LogP contribution in [0.3, 0.4) is 0 Å². The minimum absolute atomic E-state index is 0.159. The van der Waals surface area contributed by atoms with Crippen molar-refractivity contribution in [2.45, 2.75) is 40.7 Å². The Morgan fingerprint density at radius 3 is 2.26 bits per heavy atom. The molecule has 1 atom stereocenters. The maximum Gasteiger partial charge on any atom is 0.288 e. The second-order valence-corrected chi connectivity index (χ2v) is 6.03. The lowest BCUT2D eigenvalue weighted by Crippen LogP contribution is -2.41. The standard InChI is InChI=1S/C15H22N2O2/c1-10(2)12(11-8-6-7-9-16-11)17-14(19)13(18)15(3,4)5/h6-10,12H,1-5H3,(H,17,19). The number of carbonyl (C=O) groups is 2. The van der Waals surface area contributed by atoms with Crippen molar-refractivity contribution >= 4 is 11.7 Å². The molecule has 0 aliphatic rings. The molecule has 4 heteroatoms. The highest BCUT2D eigenvalue weighted by atomic mass is 16.2. The summed E-state index contributed by atoms with van der Waals surface area (Å²) in [5.74, 6) is -0.794. The Kier molecular flexibility index (Phi) is 4.81. The molecule has 0 fully saturated rings. The summed E-state index contributed by atoms with van der Waals surface area (Å²) in [7, 11) is 0. The molecular formula is C15H22N2O2. The normalized spacial score (nSPS) is 13.2. The van der Waals surface area contributed by atoms with Gasteiger partial charge in [0.05, 0.1) is 11.7 Å². The van der Waals surface area contributed by atoms with Gasteiger partial charge in [-0.1, -0.05) is 40.7 Å². The van der Waals surface area contributed by atoms with E-state index in [1.165, 1.54) is 0 Å². The Morgan fingerprint density at radius 2 is 1.84 bits per heavy atom. The Hall–Kier alpha value is -1.71. The summed E-state index contributed by atoms with van der Waals surface area (Å²) < 4.78 is 0. The zero-order chi connectivity index (χ0) is 14.6. The van der Waals surface area contributed by atoms with Gasteiger partial charge in [-0.25, -0.2) is 0 Å². The fourth-order valence-corrected chi connectivity index (χ4v) is 1.69. The smallest absolute Gasteiger partial charge is 0.288 e. The summed E-state index contributed by atoms with van der Waals surface area (Å²) >= 11 is 0. The van der Waals surface area contributed by atoms with Gasteiger partial charge in [0, 0.05) is 11.6 Å². The van der Waals surface area contributed by atoms with Crippen molar-refractivity contribution in [3.63, 3.8) is 0 Å². The number of aromatic nitrogens is 1. The highest BCUT2D eigenvalue weighted by Gasteiger charge is 2.30. The van der Waals surface area contributed by atoms with Crippen LogP contribution in [0.5, 0.6) is 0 Å². The predicted octanol–water partition coefficient (Wildman–Crippen LogP) is 2.51. The third-order valence-electron chi connectivity index (χ3n) is 2.85. The molecule has 1 amide bonds. The number of ketones is 1. The first-order valence-electron chi connectivity index (χ1n) is 6.49. The van der Waals surface area contributed by atoms with E-state index >= 15 is 0 Å². The van der Waals surface area contributed by atoms with Crippen molar-refractivity contribution < 1.29 is 9.59 Å². The van der Waals surface area contributed by atoms with Crippen LogP contribution in [0.2, 0.25) is 0 Å². The number of carbonyl (C=O) groups excluding carboxylic acids is 2. The highest BCUT2D eigenvalue weighted by molar-refractivity contribution is 6.37. The molecule has 0 saturated carbocycles. The monoisotopic (exact) mass is 262 g/mol. The number of hydrogen-bond donors (Lipinski definition) is 1. The number of Topliss-reactive ketones (excluding diaryl/α,β-unsaturated/α-hetero) is 1. The summed E-state index contributed by atoms with van der Waals surface area (Å²) in [6.45, 7) is 9.18. The minimum Gasteiger partial charge on any atom is -0.341 e. The minimum atomic E-state index is -0.671. The molecule has 0 spiro atoms. The van der Waals surface area contributed by atoms with E-state index in [-0.39, 0.29) is 12.0 Å². The fourth-order valence-electron chi connectivity index (χ4n) is 1.69. The van der Waals surface area contributed by atoms with Crippen molar-refractivity contribution in [1.82, 2.24) is 10.3 Å². The molecule has 1 heterocycles. The van der Waals surface area contributed by atoms with Crippen LogP contribution in [-0.2, 0) is 9.59 Å². The molecule has 0 saturated heterocycles. The molecule has 1 aromatic heterocycles. The number of nitrogens with zero attached hydrogens (tertiary/aromatic N) is 1. The van der Waals surface area contributed by atoms with E-state index in [0.717, 1.165) is 5.69 Å². The molecule has 0 aliphatic carbocycles. The van der Waals surface area contributed by atoms with Crippen LogP contribution in [0.15, 0.2) is 24.4 Å². The number of nitrogens with one attached hydrogen (secondary N) is 1. The average molecular weight is 262 g/mol. The lowest BCUT2D eigenvalue weighted by Gasteiger charge is -2.23. The van der Waals surface area contributed by atoms with Crippen LogP contribution < -0.4 is 5.32 Å². The zero-order valence-corrected chi connectivity index (χ0v) is 12.2. The summed E-state index contributed by atoms with van der Waals surface area (Å²) in [5.41, 5.74) is 0.1000. The van der Waals surface area contributed by atoms with Gasteiger partial charge in [-0.2, -0.15) is 0 Å². The van der Waals surface area contributed by atoms with Crippen LogP contribution >= 0.6 is 0 Å². The Balaban J connectivity index is 2.87. The summed E-state index contributed by atoms with van der Waals surface area (Å²) in [6, 6.07) is 5.30. The molecule has 1 rings (SSSR count). The molecule has 104 valence electrons. The predicted molar refractivity (Wildman–Crippen MR) is 74.4 cm³/mol. The molecule has 0 aromatic carbocycles.